The molecule has 1 N–H and O–H groups in total. The van der Waals surface area contributed by atoms with Crippen molar-refractivity contribution in [2.75, 3.05) is 7.11 Å². The number of aromatic amines is 1. The first-order chi connectivity index (χ1) is 8.61. The monoisotopic (exact) mass is 330 g/mol. The molecule has 0 atom stereocenters. The molecule has 18 heavy (non-hydrogen) atoms. The summed E-state index contributed by atoms with van der Waals surface area (Å²) >= 11 is 9.28. The molecule has 1 aromatic heterocycles. The minimum atomic E-state index is -0.423. The fourth-order valence-electron chi connectivity index (χ4n) is 1.28. The number of halogens is 2. The van der Waals surface area contributed by atoms with E-state index < -0.39 is 5.56 Å². The maximum Gasteiger partial charge on any atom is 0.297 e. The molecule has 0 amide bonds. The van der Waals surface area contributed by atoms with E-state index in [2.05, 4.69) is 25.9 Å². The second-order valence-electron chi connectivity index (χ2n) is 3.25. The fraction of sp³-hybridized carbons (Fsp3) is 0.0909. The van der Waals surface area contributed by atoms with Gasteiger partial charge in [0.1, 0.15) is 5.75 Å². The molecule has 0 bridgehead atoms. The van der Waals surface area contributed by atoms with Gasteiger partial charge in [-0.1, -0.05) is 27.5 Å². The zero-order valence-electron chi connectivity index (χ0n) is 9.24. The quantitative estimate of drug-likeness (QED) is 0.939. The normalized spacial score (nSPS) is 10.2. The van der Waals surface area contributed by atoms with Gasteiger partial charge in [0.15, 0.2) is 0 Å². The highest BCUT2D eigenvalue weighted by atomic mass is 79.9. The number of methoxy groups -OCH3 is 1. The van der Waals surface area contributed by atoms with Crippen LogP contribution in [0.25, 0.3) is 0 Å². The van der Waals surface area contributed by atoms with Gasteiger partial charge in [-0.15, -0.1) is 0 Å². The summed E-state index contributed by atoms with van der Waals surface area (Å²) in [6.07, 6.45) is 1.23. The Balaban J connectivity index is 2.43. The molecule has 0 saturated heterocycles. The molecule has 5 nitrogen and oxygen atoms in total. The lowest BCUT2D eigenvalue weighted by Gasteiger charge is -2.09. The number of H-pyrrole nitrogens is 1. The van der Waals surface area contributed by atoms with Crippen molar-refractivity contribution in [1.29, 1.82) is 0 Å². The summed E-state index contributed by atoms with van der Waals surface area (Å²) in [5.74, 6) is 0.428. The minimum absolute atomic E-state index is 0.00598. The van der Waals surface area contributed by atoms with E-state index in [-0.39, 0.29) is 11.6 Å². The van der Waals surface area contributed by atoms with E-state index in [9.17, 15) is 4.79 Å². The maximum absolute atomic E-state index is 11.5. The third kappa shape index (κ3) is 2.65. The summed E-state index contributed by atoms with van der Waals surface area (Å²) in [4.78, 5) is 17.8. The van der Waals surface area contributed by atoms with Gasteiger partial charge in [0.25, 0.3) is 11.4 Å². The number of hydrogen-bond donors (Lipinski definition) is 1. The van der Waals surface area contributed by atoms with Crippen LogP contribution in [0.5, 0.6) is 17.4 Å². The highest BCUT2D eigenvalue weighted by Gasteiger charge is 2.13. The summed E-state index contributed by atoms with van der Waals surface area (Å²) in [5.41, 5.74) is -0.423. The molecule has 7 heteroatoms. The number of ether oxygens (including phenoxy) is 2. The maximum atomic E-state index is 11.5. The van der Waals surface area contributed by atoms with E-state index in [1.165, 1.54) is 13.4 Å². The van der Waals surface area contributed by atoms with Gasteiger partial charge in [0.05, 0.1) is 18.5 Å². The summed E-state index contributed by atoms with van der Waals surface area (Å²) in [6.45, 7) is 0. The largest absolute Gasteiger partial charge is 0.487 e. The fourth-order valence-corrected chi connectivity index (χ4v) is 1.78. The highest BCUT2D eigenvalue weighted by Crippen LogP contribution is 2.33. The number of rotatable bonds is 3. The number of aromatic nitrogens is 2. The molecule has 0 aliphatic carbocycles. The molecule has 2 aromatic rings. The van der Waals surface area contributed by atoms with Crippen LogP contribution in [0.15, 0.2) is 33.8 Å². The Morgan fingerprint density at radius 2 is 2.22 bits per heavy atom. The SMILES string of the molecule is COc1c(Oc2cc(Br)ccc2Cl)nc[nH]c1=O. The number of benzene rings is 1. The number of nitrogens with one attached hydrogen (secondary N) is 1. The van der Waals surface area contributed by atoms with Crippen LogP contribution < -0.4 is 15.0 Å². The summed E-state index contributed by atoms with van der Waals surface area (Å²) in [6, 6.07) is 5.11. The van der Waals surface area contributed by atoms with E-state index in [4.69, 9.17) is 21.1 Å². The standard InChI is InChI=1S/C11H8BrClN2O3/c1-17-9-10(16)14-5-15-11(9)18-8-4-6(12)2-3-7(8)13/h2-5H,1H3,(H,14,15,16). The molecule has 0 aliphatic rings. The summed E-state index contributed by atoms with van der Waals surface area (Å²) in [7, 11) is 1.36. The Kier molecular flexibility index (Phi) is 3.88. The number of nitrogens with zero attached hydrogens (tertiary/aromatic N) is 1. The van der Waals surface area contributed by atoms with Crippen molar-refractivity contribution < 1.29 is 9.47 Å². The van der Waals surface area contributed by atoms with Crippen LogP contribution in [-0.4, -0.2) is 17.1 Å². The van der Waals surface area contributed by atoms with Gasteiger partial charge in [-0.05, 0) is 18.2 Å². The molecule has 94 valence electrons. The molecule has 0 radical (unpaired) electrons. The van der Waals surface area contributed by atoms with Crippen molar-refractivity contribution in [2.45, 2.75) is 0 Å². The van der Waals surface area contributed by atoms with Crippen LogP contribution in [0.3, 0.4) is 0 Å². The first-order valence-corrected chi connectivity index (χ1v) is 6.03. The van der Waals surface area contributed by atoms with E-state index in [0.29, 0.717) is 10.8 Å². The Morgan fingerprint density at radius 1 is 1.44 bits per heavy atom. The Morgan fingerprint density at radius 3 is 2.94 bits per heavy atom. The van der Waals surface area contributed by atoms with Crippen molar-refractivity contribution in [3.8, 4) is 17.4 Å². The average Bonchev–Trinajstić information content (AvgIpc) is 2.34. The topological polar surface area (TPSA) is 64.2 Å². The van der Waals surface area contributed by atoms with Crippen molar-refractivity contribution in [3.63, 3.8) is 0 Å². The van der Waals surface area contributed by atoms with Crippen LogP contribution in [0.2, 0.25) is 5.02 Å². The second-order valence-corrected chi connectivity index (χ2v) is 4.57. The van der Waals surface area contributed by atoms with Crippen molar-refractivity contribution >= 4 is 27.5 Å². The molecule has 2 rings (SSSR count). The lowest BCUT2D eigenvalue weighted by Crippen LogP contribution is -2.11. The van der Waals surface area contributed by atoms with Crippen LogP contribution in [0.4, 0.5) is 0 Å². The number of hydrogen-bond acceptors (Lipinski definition) is 4. The first-order valence-electron chi connectivity index (χ1n) is 4.86. The zero-order valence-corrected chi connectivity index (χ0v) is 11.6. The smallest absolute Gasteiger partial charge is 0.297 e. The molecule has 0 aliphatic heterocycles. The average molecular weight is 332 g/mol. The molecule has 0 fully saturated rings. The van der Waals surface area contributed by atoms with Gasteiger partial charge in [-0.25, -0.2) is 4.98 Å². The van der Waals surface area contributed by atoms with Crippen LogP contribution in [0.1, 0.15) is 0 Å². The van der Waals surface area contributed by atoms with Crippen molar-refractivity contribution in [2.24, 2.45) is 0 Å². The van der Waals surface area contributed by atoms with Gasteiger partial charge >= 0.3 is 0 Å². The third-order valence-corrected chi connectivity index (χ3v) is 2.89. The lowest BCUT2D eigenvalue weighted by atomic mass is 10.3. The molecule has 0 saturated carbocycles. The predicted octanol–water partition coefficient (Wildman–Crippen LogP) is 2.99. The van der Waals surface area contributed by atoms with Gasteiger partial charge < -0.3 is 14.5 Å². The predicted molar refractivity (Wildman–Crippen MR) is 70.6 cm³/mol. The van der Waals surface area contributed by atoms with Gasteiger partial charge in [-0.2, -0.15) is 0 Å². The second kappa shape index (κ2) is 5.41. The zero-order chi connectivity index (χ0) is 13.1. The van der Waals surface area contributed by atoms with Gasteiger partial charge in [0.2, 0.25) is 5.75 Å². The van der Waals surface area contributed by atoms with Crippen LogP contribution >= 0.6 is 27.5 Å². The molecular formula is C11H8BrClN2O3. The molecule has 0 spiro atoms. The van der Waals surface area contributed by atoms with Gasteiger partial charge in [0, 0.05) is 4.47 Å². The van der Waals surface area contributed by atoms with E-state index in [1.54, 1.807) is 18.2 Å². The molecule has 1 aromatic carbocycles. The summed E-state index contributed by atoms with van der Waals surface area (Å²) in [5, 5.41) is 0.405. The summed E-state index contributed by atoms with van der Waals surface area (Å²) < 4.78 is 11.2. The van der Waals surface area contributed by atoms with Crippen molar-refractivity contribution in [1.82, 2.24) is 9.97 Å². The molecular weight excluding hydrogens is 323 g/mol. The third-order valence-electron chi connectivity index (χ3n) is 2.08. The first kappa shape index (κ1) is 12.9. The van der Waals surface area contributed by atoms with E-state index in [1.807, 2.05) is 0 Å². The van der Waals surface area contributed by atoms with E-state index in [0.717, 1.165) is 4.47 Å². The highest BCUT2D eigenvalue weighted by molar-refractivity contribution is 9.10. The Bertz CT molecular complexity index is 630. The molecule has 1 heterocycles. The lowest BCUT2D eigenvalue weighted by molar-refractivity contribution is 0.363. The Hall–Kier alpha value is -1.53. The Labute approximate surface area is 116 Å². The molecule has 0 unspecified atom stereocenters. The van der Waals surface area contributed by atoms with Crippen LogP contribution in [0, 0.1) is 0 Å². The van der Waals surface area contributed by atoms with Crippen LogP contribution in [-0.2, 0) is 0 Å². The van der Waals surface area contributed by atoms with Crippen molar-refractivity contribution in [3.05, 3.63) is 44.4 Å². The van der Waals surface area contributed by atoms with Gasteiger partial charge in [-0.3, -0.25) is 4.79 Å². The minimum Gasteiger partial charge on any atom is -0.487 e. The van der Waals surface area contributed by atoms with E-state index >= 15 is 0 Å².